The van der Waals surface area contributed by atoms with E-state index in [9.17, 15) is 38.4 Å². The Balaban J connectivity index is 3.11. The second kappa shape index (κ2) is 30.6. The van der Waals surface area contributed by atoms with Crippen molar-refractivity contribution in [3.05, 3.63) is 0 Å². The Morgan fingerprint density at radius 2 is 0.518 bits per heavy atom. The number of rotatable bonds is 24. The Morgan fingerprint density at radius 3 is 0.679 bits per heavy atom. The van der Waals surface area contributed by atoms with Gasteiger partial charge in [0.05, 0.1) is 52.6 Å². The van der Waals surface area contributed by atoms with Crippen molar-refractivity contribution in [3.8, 4) is 0 Å². The summed E-state index contributed by atoms with van der Waals surface area (Å²) in [4.78, 5) is 96.9. The van der Waals surface area contributed by atoms with Crippen LogP contribution in [0.1, 0.15) is 27.7 Å². The van der Waals surface area contributed by atoms with Crippen LogP contribution in [0.3, 0.4) is 0 Å². The highest BCUT2D eigenvalue weighted by Crippen LogP contribution is 1.97. The van der Waals surface area contributed by atoms with Crippen molar-refractivity contribution >= 4 is 47.5 Å². The van der Waals surface area contributed by atoms with Crippen LogP contribution < -0.4 is 43.0 Å². The molecule has 4 amide bonds. The fourth-order valence-electron chi connectivity index (χ4n) is 4.56. The number of hydrazine groups is 4. The summed E-state index contributed by atoms with van der Waals surface area (Å²) < 4.78 is 19.4. The lowest BCUT2D eigenvalue weighted by molar-refractivity contribution is -0.144. The van der Waals surface area contributed by atoms with E-state index < -0.39 is 47.5 Å². The SMILES string of the molecule is CCOC(=O)CNC(=O)CNN1CCN(NCC(=O)NCC(=O)OCC)CCN(NCC(=O)NCC(=O)OCC)CCN(NCC(=O)NCC(=O)OCC)CC1. The van der Waals surface area contributed by atoms with E-state index in [1.807, 2.05) is 0 Å². The van der Waals surface area contributed by atoms with E-state index in [0.29, 0.717) is 52.4 Å². The maximum Gasteiger partial charge on any atom is 0.325 e. The number of nitrogens with one attached hydrogen (secondary N) is 8. The predicted octanol–water partition coefficient (Wildman–Crippen LogP) is -6.06. The number of ether oxygens (including phenoxy) is 4. The van der Waals surface area contributed by atoms with E-state index in [1.165, 1.54) is 0 Å². The second-order valence-electron chi connectivity index (χ2n) is 11.6. The first-order valence-corrected chi connectivity index (χ1v) is 18.5. The van der Waals surface area contributed by atoms with E-state index >= 15 is 0 Å². The minimum absolute atomic E-state index is 0.177. The number of esters is 4. The van der Waals surface area contributed by atoms with Crippen LogP contribution in [0.25, 0.3) is 0 Å². The molecular weight excluding hydrogens is 744 g/mol. The molecule has 0 aromatic rings. The minimum Gasteiger partial charge on any atom is -0.465 e. The highest BCUT2D eigenvalue weighted by Gasteiger charge is 2.20. The van der Waals surface area contributed by atoms with Crippen LogP contribution >= 0.6 is 0 Å². The quantitative estimate of drug-likeness (QED) is 0.0333. The number of nitrogens with zero attached hydrogens (tertiary/aromatic N) is 4. The number of hydrogen-bond donors (Lipinski definition) is 8. The van der Waals surface area contributed by atoms with Crippen molar-refractivity contribution in [2.75, 3.05) is 131 Å². The van der Waals surface area contributed by atoms with Crippen molar-refractivity contribution in [2.24, 2.45) is 0 Å². The van der Waals surface area contributed by atoms with Crippen LogP contribution in [0.2, 0.25) is 0 Å². The third kappa shape index (κ3) is 25.5. The molecule has 24 nitrogen and oxygen atoms in total. The molecule has 0 saturated carbocycles. The smallest absolute Gasteiger partial charge is 0.325 e. The molecule has 8 N–H and O–H groups in total. The second-order valence-corrected chi connectivity index (χ2v) is 11.6. The van der Waals surface area contributed by atoms with E-state index in [0.717, 1.165) is 0 Å². The molecule has 56 heavy (non-hydrogen) atoms. The zero-order chi connectivity index (χ0) is 41.6. The van der Waals surface area contributed by atoms with Crippen LogP contribution in [0.5, 0.6) is 0 Å². The minimum atomic E-state index is -0.575. The van der Waals surface area contributed by atoms with Gasteiger partial charge in [-0.1, -0.05) is 0 Å². The highest BCUT2D eigenvalue weighted by molar-refractivity contribution is 5.84. The van der Waals surface area contributed by atoms with Gasteiger partial charge in [-0.25, -0.2) is 41.7 Å². The summed E-state index contributed by atoms with van der Waals surface area (Å²) in [6.07, 6.45) is 0. The molecule has 24 heteroatoms. The Hall–Kier alpha value is -4.56. The summed E-state index contributed by atoms with van der Waals surface area (Å²) in [7, 11) is 0. The maximum absolute atomic E-state index is 12.5. The van der Waals surface area contributed by atoms with E-state index in [4.69, 9.17) is 18.9 Å². The number of carbonyl (C=O) groups is 8. The lowest BCUT2D eigenvalue weighted by atomic mass is 10.4. The van der Waals surface area contributed by atoms with Gasteiger partial charge in [-0.15, -0.1) is 0 Å². The van der Waals surface area contributed by atoms with Crippen molar-refractivity contribution in [1.82, 2.24) is 63.0 Å². The molecule has 1 fully saturated rings. The number of carbonyl (C=O) groups excluding carboxylic acids is 8. The van der Waals surface area contributed by atoms with Crippen LogP contribution in [0, 0.1) is 0 Å². The summed E-state index contributed by atoms with van der Waals surface area (Å²) in [5.41, 5.74) is 12.2. The molecule has 320 valence electrons. The van der Waals surface area contributed by atoms with Gasteiger partial charge in [0.1, 0.15) is 26.2 Å². The molecule has 0 aromatic carbocycles. The summed E-state index contributed by atoms with van der Waals surface area (Å²) in [6.45, 7) is 7.89. The van der Waals surface area contributed by atoms with Gasteiger partial charge in [0, 0.05) is 52.4 Å². The van der Waals surface area contributed by atoms with Gasteiger partial charge >= 0.3 is 23.9 Å². The largest absolute Gasteiger partial charge is 0.465 e. The average molecular weight is 805 g/mol. The molecule has 1 saturated heterocycles. The van der Waals surface area contributed by atoms with Gasteiger partial charge in [0.15, 0.2) is 0 Å². The first-order chi connectivity index (χ1) is 26.9. The van der Waals surface area contributed by atoms with Crippen LogP contribution in [0.15, 0.2) is 0 Å². The molecular formula is C32H60N12O12. The van der Waals surface area contributed by atoms with Gasteiger partial charge in [-0.05, 0) is 27.7 Å². The Labute approximate surface area is 326 Å². The summed E-state index contributed by atoms with van der Waals surface area (Å²) >= 11 is 0. The average Bonchev–Trinajstić information content (AvgIpc) is 3.16. The normalized spacial score (nSPS) is 14.9. The van der Waals surface area contributed by atoms with E-state index in [-0.39, 0.29) is 78.8 Å². The number of amides is 4. The predicted molar refractivity (Wildman–Crippen MR) is 197 cm³/mol. The van der Waals surface area contributed by atoms with E-state index in [2.05, 4.69) is 43.0 Å². The van der Waals surface area contributed by atoms with Gasteiger partial charge in [0.25, 0.3) is 0 Å². The first kappa shape index (κ1) is 49.5. The fraction of sp³-hybridized carbons (Fsp3) is 0.750. The van der Waals surface area contributed by atoms with Gasteiger partial charge in [0.2, 0.25) is 23.6 Å². The van der Waals surface area contributed by atoms with Crippen LogP contribution in [0.4, 0.5) is 0 Å². The van der Waals surface area contributed by atoms with Crippen LogP contribution in [-0.4, -0.2) is 199 Å². The zero-order valence-electron chi connectivity index (χ0n) is 32.8. The molecule has 0 aromatic heterocycles. The first-order valence-electron chi connectivity index (χ1n) is 18.5. The topological polar surface area (TPSA) is 283 Å². The summed E-state index contributed by atoms with van der Waals surface area (Å²) in [5.74, 6) is -4.14. The van der Waals surface area contributed by atoms with Crippen molar-refractivity contribution < 1.29 is 57.3 Å². The summed E-state index contributed by atoms with van der Waals surface area (Å²) in [5, 5.41) is 17.0. The molecule has 1 rings (SSSR count). The molecule has 0 bridgehead atoms. The summed E-state index contributed by atoms with van der Waals surface area (Å²) in [6, 6.07) is 0. The Bertz CT molecular complexity index is 1050. The van der Waals surface area contributed by atoms with Crippen molar-refractivity contribution in [1.29, 1.82) is 0 Å². The lowest BCUT2D eigenvalue weighted by Gasteiger charge is -2.34. The molecule has 0 aliphatic carbocycles. The Kier molecular flexibility index (Phi) is 27.1. The molecule has 0 unspecified atom stereocenters. The molecule has 0 radical (unpaired) electrons. The van der Waals surface area contributed by atoms with Crippen molar-refractivity contribution in [3.63, 3.8) is 0 Å². The van der Waals surface area contributed by atoms with Crippen molar-refractivity contribution in [2.45, 2.75) is 27.7 Å². The zero-order valence-corrected chi connectivity index (χ0v) is 32.8. The molecule has 0 spiro atoms. The maximum atomic E-state index is 12.5. The molecule has 1 aliphatic rings. The van der Waals surface area contributed by atoms with Gasteiger partial charge < -0.3 is 40.2 Å². The van der Waals surface area contributed by atoms with Gasteiger partial charge in [-0.2, -0.15) is 0 Å². The highest BCUT2D eigenvalue weighted by atomic mass is 16.5. The number of hydrogen-bond acceptors (Lipinski definition) is 20. The van der Waals surface area contributed by atoms with E-state index in [1.54, 1.807) is 47.7 Å². The molecule has 1 aliphatic heterocycles. The third-order valence-corrected chi connectivity index (χ3v) is 7.35. The monoisotopic (exact) mass is 804 g/mol. The van der Waals surface area contributed by atoms with Gasteiger partial charge in [-0.3, -0.25) is 38.4 Å². The lowest BCUT2D eigenvalue weighted by Crippen LogP contribution is -2.58. The standard InChI is InChI=1S/C32H60N12O12/c1-5-53-29(49)21-33-25(45)17-37-41-9-11-42(38-18-26(46)34-22-30(50)54-6-2)13-15-44(40-20-28(48)36-24-32(52)56-8-4)16-14-43(12-10-41)39-19-27(47)35-23-31(51)55-7-3/h37-40H,5-24H2,1-4H3,(H,33,45)(H,34,46)(H,35,47)(H,36,48). The third-order valence-electron chi connectivity index (χ3n) is 7.35. The molecule has 1 heterocycles. The van der Waals surface area contributed by atoms with Crippen LogP contribution in [-0.2, 0) is 57.3 Å². The molecule has 0 atom stereocenters. The Morgan fingerprint density at radius 1 is 0.339 bits per heavy atom. The fourth-order valence-corrected chi connectivity index (χ4v) is 4.56.